The molecule has 0 spiro atoms. The SMILES string of the molecule is Cc1cc2nccnc2nc1C(C)C. The second kappa shape index (κ2) is 3.33. The molecule has 0 aliphatic rings. The zero-order chi connectivity index (χ0) is 10.1. The molecule has 0 atom stereocenters. The van der Waals surface area contributed by atoms with Crippen LogP contribution in [0.15, 0.2) is 18.5 Å². The molecular weight excluding hydrogens is 174 g/mol. The Morgan fingerprint density at radius 3 is 2.57 bits per heavy atom. The van der Waals surface area contributed by atoms with Crippen molar-refractivity contribution in [2.75, 3.05) is 0 Å². The van der Waals surface area contributed by atoms with E-state index in [1.807, 2.05) is 6.07 Å². The van der Waals surface area contributed by atoms with Crippen LogP contribution in [0.25, 0.3) is 11.2 Å². The number of pyridine rings is 1. The van der Waals surface area contributed by atoms with Gasteiger partial charge in [-0.2, -0.15) is 0 Å². The molecular formula is C11H13N3. The lowest BCUT2D eigenvalue weighted by atomic mass is 10.0. The van der Waals surface area contributed by atoms with E-state index in [4.69, 9.17) is 0 Å². The number of fused-ring (bicyclic) bond motifs is 1. The average molecular weight is 187 g/mol. The Balaban J connectivity index is 2.71. The molecule has 0 saturated carbocycles. The summed E-state index contributed by atoms with van der Waals surface area (Å²) in [5.41, 5.74) is 3.90. The molecule has 0 aromatic carbocycles. The van der Waals surface area contributed by atoms with Crippen molar-refractivity contribution in [2.24, 2.45) is 0 Å². The van der Waals surface area contributed by atoms with Gasteiger partial charge in [-0.1, -0.05) is 13.8 Å². The predicted octanol–water partition coefficient (Wildman–Crippen LogP) is 2.46. The van der Waals surface area contributed by atoms with Gasteiger partial charge >= 0.3 is 0 Å². The van der Waals surface area contributed by atoms with Crippen LogP contribution in [0.1, 0.15) is 31.0 Å². The van der Waals surface area contributed by atoms with Gasteiger partial charge in [0.2, 0.25) is 0 Å². The first-order valence-corrected chi connectivity index (χ1v) is 4.76. The number of hydrogen-bond donors (Lipinski definition) is 0. The lowest BCUT2D eigenvalue weighted by Gasteiger charge is -2.08. The van der Waals surface area contributed by atoms with Crippen LogP contribution < -0.4 is 0 Å². The Kier molecular flexibility index (Phi) is 2.15. The van der Waals surface area contributed by atoms with Gasteiger partial charge in [0.1, 0.15) is 5.52 Å². The van der Waals surface area contributed by atoms with E-state index >= 15 is 0 Å². The number of rotatable bonds is 1. The molecule has 2 aromatic rings. The van der Waals surface area contributed by atoms with E-state index in [0.717, 1.165) is 16.9 Å². The lowest BCUT2D eigenvalue weighted by molar-refractivity contribution is 0.816. The van der Waals surface area contributed by atoms with Gasteiger partial charge in [-0.15, -0.1) is 0 Å². The molecule has 3 heteroatoms. The summed E-state index contributed by atoms with van der Waals surface area (Å²) >= 11 is 0. The molecule has 0 unspecified atom stereocenters. The highest BCUT2D eigenvalue weighted by Gasteiger charge is 2.07. The lowest BCUT2D eigenvalue weighted by Crippen LogP contribution is -1.98. The first kappa shape index (κ1) is 9.06. The van der Waals surface area contributed by atoms with Crippen molar-refractivity contribution in [2.45, 2.75) is 26.7 Å². The largest absolute Gasteiger partial charge is 0.251 e. The first-order valence-electron chi connectivity index (χ1n) is 4.76. The van der Waals surface area contributed by atoms with Gasteiger partial charge in [0, 0.05) is 18.1 Å². The minimum Gasteiger partial charge on any atom is -0.251 e. The van der Waals surface area contributed by atoms with Gasteiger partial charge in [-0.25, -0.2) is 9.97 Å². The molecule has 2 aromatic heterocycles. The van der Waals surface area contributed by atoms with E-state index in [1.54, 1.807) is 12.4 Å². The fourth-order valence-electron chi connectivity index (χ4n) is 1.60. The maximum atomic E-state index is 4.50. The van der Waals surface area contributed by atoms with Crippen LogP contribution in [0, 0.1) is 6.92 Å². The van der Waals surface area contributed by atoms with Crippen molar-refractivity contribution in [1.82, 2.24) is 15.0 Å². The van der Waals surface area contributed by atoms with Gasteiger partial charge in [-0.3, -0.25) is 4.98 Å². The van der Waals surface area contributed by atoms with Crippen molar-refractivity contribution < 1.29 is 0 Å². The topological polar surface area (TPSA) is 38.7 Å². The Morgan fingerprint density at radius 2 is 1.86 bits per heavy atom. The molecule has 0 amide bonds. The van der Waals surface area contributed by atoms with Crippen LogP contribution in [-0.2, 0) is 0 Å². The molecule has 2 heterocycles. The van der Waals surface area contributed by atoms with E-state index < -0.39 is 0 Å². The van der Waals surface area contributed by atoms with Crippen LogP contribution in [0.2, 0.25) is 0 Å². The number of aryl methyl sites for hydroxylation is 1. The van der Waals surface area contributed by atoms with Crippen molar-refractivity contribution in [1.29, 1.82) is 0 Å². The summed E-state index contributed by atoms with van der Waals surface area (Å²) in [5.74, 6) is 0.432. The summed E-state index contributed by atoms with van der Waals surface area (Å²) in [4.78, 5) is 12.9. The summed E-state index contributed by atoms with van der Waals surface area (Å²) in [6.45, 7) is 6.34. The first-order chi connectivity index (χ1) is 6.68. The third-order valence-electron chi connectivity index (χ3n) is 2.24. The third kappa shape index (κ3) is 1.45. The molecule has 72 valence electrons. The van der Waals surface area contributed by atoms with E-state index in [-0.39, 0.29) is 0 Å². The van der Waals surface area contributed by atoms with Crippen LogP contribution in [0.4, 0.5) is 0 Å². The van der Waals surface area contributed by atoms with Gasteiger partial charge in [0.15, 0.2) is 5.65 Å². The maximum Gasteiger partial charge on any atom is 0.178 e. The summed E-state index contributed by atoms with van der Waals surface area (Å²) in [6, 6.07) is 2.05. The van der Waals surface area contributed by atoms with Crippen LogP contribution in [0.5, 0.6) is 0 Å². The summed E-state index contributed by atoms with van der Waals surface area (Å²) in [7, 11) is 0. The summed E-state index contributed by atoms with van der Waals surface area (Å²) < 4.78 is 0. The van der Waals surface area contributed by atoms with Crippen molar-refractivity contribution in [3.8, 4) is 0 Å². The van der Waals surface area contributed by atoms with E-state index in [0.29, 0.717) is 5.92 Å². The minimum atomic E-state index is 0.432. The molecule has 3 nitrogen and oxygen atoms in total. The standard InChI is InChI=1S/C11H13N3/c1-7(2)10-8(3)6-9-11(14-10)13-5-4-12-9/h4-7H,1-3H3. The fourth-order valence-corrected chi connectivity index (χ4v) is 1.60. The minimum absolute atomic E-state index is 0.432. The maximum absolute atomic E-state index is 4.50. The molecule has 2 rings (SSSR count). The highest BCUT2D eigenvalue weighted by atomic mass is 14.9. The molecule has 0 bridgehead atoms. The van der Waals surface area contributed by atoms with Crippen LogP contribution in [-0.4, -0.2) is 15.0 Å². The number of nitrogens with zero attached hydrogens (tertiary/aromatic N) is 3. The Bertz CT molecular complexity index is 463. The quantitative estimate of drug-likeness (QED) is 0.688. The van der Waals surface area contributed by atoms with Crippen molar-refractivity contribution in [3.05, 3.63) is 29.7 Å². The van der Waals surface area contributed by atoms with Crippen LogP contribution in [0.3, 0.4) is 0 Å². The highest BCUT2D eigenvalue weighted by molar-refractivity contribution is 5.70. The molecule has 14 heavy (non-hydrogen) atoms. The zero-order valence-corrected chi connectivity index (χ0v) is 8.65. The molecule has 0 saturated heterocycles. The second-order valence-electron chi connectivity index (χ2n) is 3.74. The van der Waals surface area contributed by atoms with Gasteiger partial charge in [0.25, 0.3) is 0 Å². The van der Waals surface area contributed by atoms with Crippen molar-refractivity contribution >= 4 is 11.2 Å². The number of hydrogen-bond acceptors (Lipinski definition) is 3. The fraction of sp³-hybridized carbons (Fsp3) is 0.364. The van der Waals surface area contributed by atoms with Crippen molar-refractivity contribution in [3.63, 3.8) is 0 Å². The normalized spacial score (nSPS) is 11.1. The monoisotopic (exact) mass is 187 g/mol. The Hall–Kier alpha value is -1.51. The summed E-state index contributed by atoms with van der Waals surface area (Å²) in [6.07, 6.45) is 3.37. The van der Waals surface area contributed by atoms with Gasteiger partial charge < -0.3 is 0 Å². The smallest absolute Gasteiger partial charge is 0.178 e. The summed E-state index contributed by atoms with van der Waals surface area (Å²) in [5, 5.41) is 0. The number of aromatic nitrogens is 3. The van der Waals surface area contributed by atoms with E-state index in [2.05, 4.69) is 35.7 Å². The zero-order valence-electron chi connectivity index (χ0n) is 8.65. The Morgan fingerprint density at radius 1 is 1.14 bits per heavy atom. The van der Waals surface area contributed by atoms with Gasteiger partial charge in [0.05, 0.1) is 0 Å². The molecule has 0 radical (unpaired) electrons. The van der Waals surface area contributed by atoms with E-state index in [9.17, 15) is 0 Å². The average Bonchev–Trinajstić information content (AvgIpc) is 2.16. The molecule has 0 fully saturated rings. The van der Waals surface area contributed by atoms with Gasteiger partial charge in [-0.05, 0) is 24.5 Å². The third-order valence-corrected chi connectivity index (χ3v) is 2.24. The molecule has 0 N–H and O–H groups in total. The molecule has 0 aliphatic heterocycles. The highest BCUT2D eigenvalue weighted by Crippen LogP contribution is 2.19. The predicted molar refractivity (Wildman–Crippen MR) is 56.2 cm³/mol. The second-order valence-corrected chi connectivity index (χ2v) is 3.74. The molecule has 0 aliphatic carbocycles. The Labute approximate surface area is 83.2 Å². The van der Waals surface area contributed by atoms with Crippen LogP contribution >= 0.6 is 0 Å². The van der Waals surface area contributed by atoms with E-state index in [1.165, 1.54) is 5.56 Å².